The molecule has 2 aromatic rings. The van der Waals surface area contributed by atoms with Gasteiger partial charge in [-0.15, -0.1) is 0 Å². The number of aryl methyl sites for hydroxylation is 2. The Morgan fingerprint density at radius 2 is 1.76 bits per heavy atom. The Morgan fingerprint density at radius 3 is 2.32 bits per heavy atom. The molecule has 4 heteroatoms. The zero-order valence-corrected chi connectivity index (χ0v) is 15.8. The van der Waals surface area contributed by atoms with Crippen molar-refractivity contribution in [2.24, 2.45) is 0 Å². The lowest BCUT2D eigenvalue weighted by molar-refractivity contribution is 0.0942. The molecular formula is C21H28N2O2. The number of hydrogen-bond donors (Lipinski definition) is 1. The van der Waals surface area contributed by atoms with E-state index in [1.807, 2.05) is 65.2 Å². The van der Waals surface area contributed by atoms with Crippen molar-refractivity contribution in [1.29, 1.82) is 0 Å². The van der Waals surface area contributed by atoms with Crippen LogP contribution in [0.1, 0.15) is 40.0 Å². The van der Waals surface area contributed by atoms with Crippen LogP contribution in [0.2, 0.25) is 0 Å². The van der Waals surface area contributed by atoms with E-state index in [4.69, 9.17) is 4.74 Å². The number of nitrogens with one attached hydrogen (secondary N) is 1. The van der Waals surface area contributed by atoms with Crippen molar-refractivity contribution >= 4 is 5.91 Å². The number of ether oxygens (including phenoxy) is 1. The summed E-state index contributed by atoms with van der Waals surface area (Å²) in [5.74, 6) is 0.823. The SMILES string of the molecule is CCOc1ccc(C(CNC(=O)c2ccc(C)c(C)c2)N(C)C)cc1. The first-order valence-corrected chi connectivity index (χ1v) is 8.67. The Hall–Kier alpha value is -2.33. The predicted octanol–water partition coefficient (Wildman–Crippen LogP) is 3.73. The summed E-state index contributed by atoms with van der Waals surface area (Å²) in [5, 5.41) is 3.05. The van der Waals surface area contributed by atoms with Crippen molar-refractivity contribution in [3.8, 4) is 5.75 Å². The van der Waals surface area contributed by atoms with Gasteiger partial charge in [0.1, 0.15) is 5.75 Å². The summed E-state index contributed by atoms with van der Waals surface area (Å²) >= 11 is 0. The van der Waals surface area contributed by atoms with E-state index in [9.17, 15) is 4.79 Å². The van der Waals surface area contributed by atoms with Crippen LogP contribution < -0.4 is 10.1 Å². The second kappa shape index (κ2) is 8.67. The van der Waals surface area contributed by atoms with Crippen LogP contribution in [-0.2, 0) is 0 Å². The Balaban J connectivity index is 2.06. The average molecular weight is 340 g/mol. The third-order valence-corrected chi connectivity index (χ3v) is 4.42. The topological polar surface area (TPSA) is 41.6 Å². The summed E-state index contributed by atoms with van der Waals surface area (Å²) in [7, 11) is 4.03. The van der Waals surface area contributed by atoms with E-state index in [0.717, 1.165) is 16.9 Å². The molecule has 1 amide bonds. The molecule has 0 heterocycles. The monoisotopic (exact) mass is 340 g/mol. The van der Waals surface area contributed by atoms with Gasteiger partial charge in [0, 0.05) is 12.1 Å². The lowest BCUT2D eigenvalue weighted by atomic mass is 10.0. The fourth-order valence-corrected chi connectivity index (χ4v) is 2.73. The molecule has 0 aliphatic carbocycles. The van der Waals surface area contributed by atoms with Gasteiger partial charge in [-0.2, -0.15) is 0 Å². The smallest absolute Gasteiger partial charge is 0.251 e. The maximum absolute atomic E-state index is 12.5. The van der Waals surface area contributed by atoms with E-state index in [1.54, 1.807) is 0 Å². The molecule has 134 valence electrons. The third-order valence-electron chi connectivity index (χ3n) is 4.42. The Bertz CT molecular complexity index is 708. The minimum Gasteiger partial charge on any atom is -0.494 e. The highest BCUT2D eigenvalue weighted by molar-refractivity contribution is 5.94. The zero-order chi connectivity index (χ0) is 18.4. The molecule has 0 bridgehead atoms. The Labute approximate surface area is 150 Å². The summed E-state index contributed by atoms with van der Waals surface area (Å²) in [6, 6.07) is 14.0. The highest BCUT2D eigenvalue weighted by Gasteiger charge is 2.16. The second-order valence-corrected chi connectivity index (χ2v) is 6.49. The Morgan fingerprint density at radius 1 is 1.08 bits per heavy atom. The van der Waals surface area contributed by atoms with Crippen molar-refractivity contribution in [2.75, 3.05) is 27.2 Å². The third kappa shape index (κ3) is 5.07. The van der Waals surface area contributed by atoms with Crippen LogP contribution in [0.3, 0.4) is 0 Å². The molecule has 1 N–H and O–H groups in total. The second-order valence-electron chi connectivity index (χ2n) is 6.49. The van der Waals surface area contributed by atoms with Crippen LogP contribution in [-0.4, -0.2) is 38.1 Å². The summed E-state index contributed by atoms with van der Waals surface area (Å²) in [5.41, 5.74) is 4.17. The molecule has 0 radical (unpaired) electrons. The molecule has 0 aliphatic rings. The van der Waals surface area contributed by atoms with Gasteiger partial charge in [-0.25, -0.2) is 0 Å². The van der Waals surface area contributed by atoms with Crippen LogP contribution in [0.4, 0.5) is 0 Å². The van der Waals surface area contributed by atoms with Crippen molar-refractivity contribution in [2.45, 2.75) is 26.8 Å². The number of carbonyl (C=O) groups excluding carboxylic acids is 1. The van der Waals surface area contributed by atoms with Crippen LogP contribution in [0, 0.1) is 13.8 Å². The molecule has 25 heavy (non-hydrogen) atoms. The van der Waals surface area contributed by atoms with Gasteiger partial charge < -0.3 is 15.0 Å². The number of rotatable bonds is 7. The number of carbonyl (C=O) groups is 1. The Kier molecular flexibility index (Phi) is 6.59. The van der Waals surface area contributed by atoms with Crippen molar-refractivity contribution < 1.29 is 9.53 Å². The first kappa shape index (κ1) is 19.0. The fraction of sp³-hybridized carbons (Fsp3) is 0.381. The number of hydrogen-bond acceptors (Lipinski definition) is 3. The van der Waals surface area contributed by atoms with Crippen molar-refractivity contribution in [3.63, 3.8) is 0 Å². The van der Waals surface area contributed by atoms with E-state index in [0.29, 0.717) is 18.7 Å². The summed E-state index contributed by atoms with van der Waals surface area (Å²) in [6.07, 6.45) is 0. The van der Waals surface area contributed by atoms with Gasteiger partial charge in [-0.3, -0.25) is 4.79 Å². The quantitative estimate of drug-likeness (QED) is 0.835. The minimum atomic E-state index is -0.0408. The fourth-order valence-electron chi connectivity index (χ4n) is 2.73. The van der Waals surface area contributed by atoms with Gasteiger partial charge in [-0.1, -0.05) is 18.2 Å². The summed E-state index contributed by atoms with van der Waals surface area (Å²) < 4.78 is 5.49. The number of nitrogens with zero attached hydrogens (tertiary/aromatic N) is 1. The standard InChI is InChI=1S/C21H28N2O2/c1-6-25-19-11-9-17(10-12-19)20(23(4)5)14-22-21(24)18-8-7-15(2)16(3)13-18/h7-13,20H,6,14H2,1-5H3,(H,22,24). The highest BCUT2D eigenvalue weighted by atomic mass is 16.5. The zero-order valence-electron chi connectivity index (χ0n) is 15.8. The number of benzene rings is 2. The molecule has 4 nitrogen and oxygen atoms in total. The first-order chi connectivity index (χ1) is 11.9. The van der Waals surface area contributed by atoms with Crippen LogP contribution in [0.15, 0.2) is 42.5 Å². The van der Waals surface area contributed by atoms with Crippen molar-refractivity contribution in [1.82, 2.24) is 10.2 Å². The van der Waals surface area contributed by atoms with Gasteiger partial charge in [0.2, 0.25) is 0 Å². The molecule has 0 fully saturated rings. The van der Waals surface area contributed by atoms with Gasteiger partial charge in [0.05, 0.1) is 12.6 Å². The highest BCUT2D eigenvalue weighted by Crippen LogP contribution is 2.21. The first-order valence-electron chi connectivity index (χ1n) is 8.67. The van der Waals surface area contributed by atoms with Crippen LogP contribution >= 0.6 is 0 Å². The lowest BCUT2D eigenvalue weighted by Gasteiger charge is -2.25. The molecule has 0 saturated heterocycles. The summed E-state index contributed by atoms with van der Waals surface area (Å²) in [6.45, 7) is 7.24. The van der Waals surface area contributed by atoms with Gasteiger partial charge in [-0.05, 0) is 75.8 Å². The van der Waals surface area contributed by atoms with Crippen LogP contribution in [0.25, 0.3) is 0 Å². The largest absolute Gasteiger partial charge is 0.494 e. The molecule has 0 aliphatic heterocycles. The maximum atomic E-state index is 12.5. The molecule has 0 aromatic heterocycles. The molecule has 1 atom stereocenters. The normalized spacial score (nSPS) is 12.1. The maximum Gasteiger partial charge on any atom is 0.251 e. The van der Waals surface area contributed by atoms with E-state index in [2.05, 4.69) is 22.3 Å². The van der Waals surface area contributed by atoms with E-state index >= 15 is 0 Å². The van der Waals surface area contributed by atoms with E-state index in [-0.39, 0.29) is 11.9 Å². The predicted molar refractivity (Wildman–Crippen MR) is 102 cm³/mol. The number of likely N-dealkylation sites (N-methyl/N-ethyl adjacent to an activating group) is 1. The van der Waals surface area contributed by atoms with Gasteiger partial charge in [0.15, 0.2) is 0 Å². The average Bonchev–Trinajstić information content (AvgIpc) is 2.58. The lowest BCUT2D eigenvalue weighted by Crippen LogP contribution is -2.34. The van der Waals surface area contributed by atoms with Gasteiger partial charge in [0.25, 0.3) is 5.91 Å². The van der Waals surface area contributed by atoms with Crippen molar-refractivity contribution in [3.05, 3.63) is 64.7 Å². The molecule has 1 unspecified atom stereocenters. The van der Waals surface area contributed by atoms with E-state index < -0.39 is 0 Å². The summed E-state index contributed by atoms with van der Waals surface area (Å²) in [4.78, 5) is 14.6. The molecule has 0 spiro atoms. The van der Waals surface area contributed by atoms with Crippen LogP contribution in [0.5, 0.6) is 5.75 Å². The van der Waals surface area contributed by atoms with E-state index in [1.165, 1.54) is 5.56 Å². The molecule has 0 saturated carbocycles. The molecular weight excluding hydrogens is 312 g/mol. The molecule has 2 rings (SSSR count). The molecule has 2 aromatic carbocycles. The minimum absolute atomic E-state index is 0.0408. The van der Waals surface area contributed by atoms with Gasteiger partial charge >= 0.3 is 0 Å². The number of amides is 1.